The lowest BCUT2D eigenvalue weighted by Crippen LogP contribution is -1.93. The third-order valence-electron chi connectivity index (χ3n) is 3.76. The van der Waals surface area contributed by atoms with Crippen molar-refractivity contribution in [1.29, 1.82) is 0 Å². The number of hydrogen-bond acceptors (Lipinski definition) is 2. The predicted octanol–water partition coefficient (Wildman–Crippen LogP) is 5.65. The van der Waals surface area contributed by atoms with Crippen LogP contribution in [0.5, 0.6) is 0 Å². The molecule has 0 aliphatic heterocycles. The molecule has 0 spiro atoms. The smallest absolute Gasteiger partial charge is 0.130 e. The zero-order valence-corrected chi connectivity index (χ0v) is 13.6. The fraction of sp³-hybridized carbons (Fsp3) is 0.263. The third-order valence-corrected chi connectivity index (χ3v) is 3.76. The Morgan fingerprint density at radius 2 is 2.05 bits per heavy atom. The molecule has 0 radical (unpaired) electrons. The van der Waals surface area contributed by atoms with Crippen LogP contribution in [0.3, 0.4) is 0 Å². The van der Waals surface area contributed by atoms with Crippen LogP contribution in [0, 0.1) is 19.7 Å². The number of halogens is 1. The molecule has 22 heavy (non-hydrogen) atoms. The summed E-state index contributed by atoms with van der Waals surface area (Å²) in [5.41, 5.74) is 6.07. The van der Waals surface area contributed by atoms with E-state index >= 15 is 0 Å². The number of benzene rings is 1. The maximum absolute atomic E-state index is 13.8. The molecule has 0 aliphatic rings. The molecule has 2 rings (SSSR count). The van der Waals surface area contributed by atoms with E-state index in [2.05, 4.69) is 23.5 Å². The van der Waals surface area contributed by atoms with Crippen molar-refractivity contribution in [2.75, 3.05) is 0 Å². The Bertz CT molecular complexity index is 745. The van der Waals surface area contributed by atoms with Gasteiger partial charge in [0, 0.05) is 23.0 Å². The topological polar surface area (TPSA) is 25.2 Å². The van der Waals surface area contributed by atoms with Crippen molar-refractivity contribution in [3.8, 4) is 11.1 Å². The molecule has 0 N–H and O–H groups in total. The fourth-order valence-electron chi connectivity index (χ4n) is 2.22. The van der Waals surface area contributed by atoms with Gasteiger partial charge in [0.1, 0.15) is 5.82 Å². The molecule has 0 fully saturated rings. The van der Waals surface area contributed by atoms with E-state index in [0.717, 1.165) is 40.2 Å². The summed E-state index contributed by atoms with van der Waals surface area (Å²) in [6.45, 7) is 11.6. The molecule has 2 nitrogen and oxygen atoms in total. The van der Waals surface area contributed by atoms with Crippen LogP contribution in [0.15, 0.2) is 36.0 Å². The first-order valence-electron chi connectivity index (χ1n) is 7.40. The SMILES string of the molecule is C=Cc1cc(-c2cnc(C)c(N=C(C)CC)c2)c(C)cc1F. The van der Waals surface area contributed by atoms with E-state index in [-0.39, 0.29) is 5.82 Å². The molecule has 1 heterocycles. The number of aliphatic imine (C=N–C) groups is 1. The zero-order valence-electron chi connectivity index (χ0n) is 13.6. The van der Waals surface area contributed by atoms with Crippen LogP contribution < -0.4 is 0 Å². The van der Waals surface area contributed by atoms with Gasteiger partial charge in [-0.3, -0.25) is 9.98 Å². The van der Waals surface area contributed by atoms with Crippen molar-refractivity contribution < 1.29 is 4.39 Å². The van der Waals surface area contributed by atoms with Crippen molar-refractivity contribution >= 4 is 17.5 Å². The van der Waals surface area contributed by atoms with E-state index < -0.39 is 0 Å². The highest BCUT2D eigenvalue weighted by Crippen LogP contribution is 2.30. The molecular formula is C19H21FN2. The summed E-state index contributed by atoms with van der Waals surface area (Å²) < 4.78 is 13.8. The second kappa shape index (κ2) is 6.65. The molecule has 0 aliphatic carbocycles. The minimum absolute atomic E-state index is 0.253. The van der Waals surface area contributed by atoms with Gasteiger partial charge in [-0.15, -0.1) is 0 Å². The van der Waals surface area contributed by atoms with Gasteiger partial charge in [-0.25, -0.2) is 4.39 Å². The van der Waals surface area contributed by atoms with Gasteiger partial charge in [-0.1, -0.05) is 19.6 Å². The first-order valence-corrected chi connectivity index (χ1v) is 7.40. The number of nitrogens with zero attached hydrogens (tertiary/aromatic N) is 2. The molecule has 1 aromatic carbocycles. The summed E-state index contributed by atoms with van der Waals surface area (Å²) in [6, 6.07) is 5.35. The quantitative estimate of drug-likeness (QED) is 0.669. The number of pyridine rings is 1. The average Bonchev–Trinajstić information content (AvgIpc) is 2.49. The highest BCUT2D eigenvalue weighted by Gasteiger charge is 2.09. The predicted molar refractivity (Wildman–Crippen MR) is 92.3 cm³/mol. The number of rotatable bonds is 4. The maximum Gasteiger partial charge on any atom is 0.130 e. The lowest BCUT2D eigenvalue weighted by Gasteiger charge is -2.10. The standard InChI is InChI=1S/C19H21FN2/c1-6-13(4)22-19-10-16(11-21-14(19)5)17-9-15(7-2)18(20)8-12(17)3/h7-11H,2,6H2,1,3-5H3. The van der Waals surface area contributed by atoms with Crippen LogP contribution in [0.4, 0.5) is 10.1 Å². The molecule has 0 unspecified atom stereocenters. The Hall–Kier alpha value is -2.29. The Morgan fingerprint density at radius 3 is 2.68 bits per heavy atom. The van der Waals surface area contributed by atoms with Crippen LogP contribution in [0.25, 0.3) is 17.2 Å². The van der Waals surface area contributed by atoms with Crippen LogP contribution in [-0.4, -0.2) is 10.7 Å². The summed E-state index contributed by atoms with van der Waals surface area (Å²) in [5, 5.41) is 0. The van der Waals surface area contributed by atoms with Gasteiger partial charge >= 0.3 is 0 Å². The summed E-state index contributed by atoms with van der Waals surface area (Å²) in [7, 11) is 0. The lowest BCUT2D eigenvalue weighted by molar-refractivity contribution is 0.624. The minimum atomic E-state index is -0.253. The van der Waals surface area contributed by atoms with Gasteiger partial charge < -0.3 is 0 Å². The number of hydrogen-bond donors (Lipinski definition) is 0. The molecule has 0 bridgehead atoms. The van der Waals surface area contributed by atoms with E-state index in [9.17, 15) is 4.39 Å². The fourth-order valence-corrected chi connectivity index (χ4v) is 2.22. The van der Waals surface area contributed by atoms with Crippen LogP contribution >= 0.6 is 0 Å². The van der Waals surface area contributed by atoms with Crippen molar-refractivity contribution in [3.05, 3.63) is 53.6 Å². The summed E-state index contributed by atoms with van der Waals surface area (Å²) >= 11 is 0. The van der Waals surface area contributed by atoms with E-state index in [0.29, 0.717) is 5.56 Å². The van der Waals surface area contributed by atoms with Gasteiger partial charge in [-0.05, 0) is 56.5 Å². The second-order valence-electron chi connectivity index (χ2n) is 5.42. The van der Waals surface area contributed by atoms with Crippen LogP contribution in [0.1, 0.15) is 37.1 Å². The Labute approximate surface area is 131 Å². The first kappa shape index (κ1) is 16.1. The summed E-state index contributed by atoms with van der Waals surface area (Å²) in [5.74, 6) is -0.253. The lowest BCUT2D eigenvalue weighted by atomic mass is 9.98. The molecule has 0 saturated carbocycles. The monoisotopic (exact) mass is 296 g/mol. The summed E-state index contributed by atoms with van der Waals surface area (Å²) in [4.78, 5) is 9.05. The first-order chi connectivity index (χ1) is 10.5. The van der Waals surface area contributed by atoms with Crippen LogP contribution in [0.2, 0.25) is 0 Å². The van der Waals surface area contributed by atoms with Gasteiger partial charge in [0.2, 0.25) is 0 Å². The van der Waals surface area contributed by atoms with Gasteiger partial charge in [0.05, 0.1) is 11.4 Å². The van der Waals surface area contributed by atoms with Gasteiger partial charge in [0.25, 0.3) is 0 Å². The molecule has 3 heteroatoms. The Kier molecular flexibility index (Phi) is 4.86. The highest BCUT2D eigenvalue weighted by atomic mass is 19.1. The molecule has 0 amide bonds. The number of aryl methyl sites for hydroxylation is 2. The summed E-state index contributed by atoms with van der Waals surface area (Å²) in [6.07, 6.45) is 4.24. The molecule has 2 aromatic rings. The van der Waals surface area contributed by atoms with E-state index in [1.807, 2.05) is 39.1 Å². The Balaban J connectivity index is 2.59. The van der Waals surface area contributed by atoms with Crippen molar-refractivity contribution in [2.45, 2.75) is 34.1 Å². The normalized spacial score (nSPS) is 11.6. The van der Waals surface area contributed by atoms with Crippen molar-refractivity contribution in [3.63, 3.8) is 0 Å². The molecule has 114 valence electrons. The molecule has 1 aromatic heterocycles. The Morgan fingerprint density at radius 1 is 1.32 bits per heavy atom. The molecule has 0 saturated heterocycles. The van der Waals surface area contributed by atoms with Crippen molar-refractivity contribution in [1.82, 2.24) is 4.98 Å². The molecular weight excluding hydrogens is 275 g/mol. The largest absolute Gasteiger partial charge is 0.259 e. The van der Waals surface area contributed by atoms with E-state index in [4.69, 9.17) is 0 Å². The van der Waals surface area contributed by atoms with Crippen LogP contribution in [-0.2, 0) is 0 Å². The van der Waals surface area contributed by atoms with E-state index in [1.54, 1.807) is 0 Å². The average molecular weight is 296 g/mol. The highest BCUT2D eigenvalue weighted by molar-refractivity contribution is 5.85. The second-order valence-corrected chi connectivity index (χ2v) is 5.42. The van der Waals surface area contributed by atoms with Gasteiger partial charge in [0.15, 0.2) is 0 Å². The molecule has 0 atom stereocenters. The minimum Gasteiger partial charge on any atom is -0.259 e. The van der Waals surface area contributed by atoms with Crippen molar-refractivity contribution in [2.24, 2.45) is 4.99 Å². The number of aromatic nitrogens is 1. The third kappa shape index (κ3) is 3.30. The maximum atomic E-state index is 13.8. The van der Waals surface area contributed by atoms with E-state index in [1.165, 1.54) is 12.1 Å². The van der Waals surface area contributed by atoms with Gasteiger partial charge in [-0.2, -0.15) is 0 Å². The zero-order chi connectivity index (χ0) is 16.3.